The molecular weight excluding hydrogens is 280 g/mol. The minimum atomic E-state index is -0.0155. The summed E-state index contributed by atoms with van der Waals surface area (Å²) in [5.74, 6) is -0.0155. The first-order valence-electron chi connectivity index (χ1n) is 6.01. The number of anilines is 1. The summed E-state index contributed by atoms with van der Waals surface area (Å²) in [6, 6.07) is 5.47. The second-order valence-corrected chi connectivity index (χ2v) is 5.77. The summed E-state index contributed by atoms with van der Waals surface area (Å²) in [7, 11) is 0. The molecule has 1 amide bonds. The molecular formula is C14H15ClN2OS. The number of hydrogen-bond acceptors (Lipinski definition) is 3. The number of aryl methyl sites for hydroxylation is 3. The number of carbonyl (C=O) groups is 1. The summed E-state index contributed by atoms with van der Waals surface area (Å²) in [5, 5.41) is 6.49. The Bertz CT molecular complexity index is 595. The number of rotatable bonds is 4. The van der Waals surface area contributed by atoms with Crippen molar-refractivity contribution in [3.8, 4) is 0 Å². The van der Waals surface area contributed by atoms with Gasteiger partial charge in [-0.3, -0.25) is 4.79 Å². The second kappa shape index (κ2) is 6.17. The highest BCUT2D eigenvalue weighted by Crippen LogP contribution is 2.20. The molecule has 0 unspecified atom stereocenters. The van der Waals surface area contributed by atoms with E-state index in [0.717, 1.165) is 22.0 Å². The van der Waals surface area contributed by atoms with Crippen molar-refractivity contribution in [1.29, 1.82) is 0 Å². The molecule has 2 rings (SSSR count). The van der Waals surface area contributed by atoms with Crippen molar-refractivity contribution >= 4 is 34.5 Å². The molecule has 0 saturated carbocycles. The van der Waals surface area contributed by atoms with E-state index in [9.17, 15) is 4.79 Å². The number of hydrogen-bond donors (Lipinski definition) is 1. The monoisotopic (exact) mass is 294 g/mol. The maximum atomic E-state index is 11.9. The smallest absolute Gasteiger partial charge is 0.224 e. The lowest BCUT2D eigenvalue weighted by atomic mass is 10.2. The minimum Gasteiger partial charge on any atom is -0.326 e. The van der Waals surface area contributed by atoms with Gasteiger partial charge in [-0.25, -0.2) is 4.98 Å². The van der Waals surface area contributed by atoms with Gasteiger partial charge >= 0.3 is 0 Å². The first-order valence-corrected chi connectivity index (χ1v) is 7.27. The fraction of sp³-hybridized carbons (Fsp3) is 0.286. The van der Waals surface area contributed by atoms with Gasteiger partial charge in [0.1, 0.15) is 0 Å². The Morgan fingerprint density at radius 1 is 1.42 bits per heavy atom. The summed E-state index contributed by atoms with van der Waals surface area (Å²) in [5.41, 5.74) is 2.78. The van der Waals surface area contributed by atoms with Crippen LogP contribution in [0.15, 0.2) is 23.6 Å². The second-order valence-electron chi connectivity index (χ2n) is 4.39. The molecule has 3 nitrogen and oxygen atoms in total. The predicted molar refractivity (Wildman–Crippen MR) is 80.0 cm³/mol. The Morgan fingerprint density at radius 3 is 2.89 bits per heavy atom. The lowest BCUT2D eigenvalue weighted by Gasteiger charge is -2.08. The standard InChI is InChI=1S/C14H15ClN2OS/c1-9-3-4-11(15)7-12(9)17-13(18)5-6-14-16-10(2)8-19-14/h3-4,7-8H,5-6H2,1-2H3,(H,17,18). The molecule has 0 fully saturated rings. The van der Waals surface area contributed by atoms with Gasteiger partial charge in [0.2, 0.25) is 5.91 Å². The summed E-state index contributed by atoms with van der Waals surface area (Å²) < 4.78 is 0. The van der Waals surface area contributed by atoms with E-state index in [1.165, 1.54) is 0 Å². The number of nitrogens with one attached hydrogen (secondary N) is 1. The largest absolute Gasteiger partial charge is 0.326 e. The summed E-state index contributed by atoms with van der Waals surface area (Å²) in [6.45, 7) is 3.89. The lowest BCUT2D eigenvalue weighted by molar-refractivity contribution is -0.116. The first kappa shape index (κ1) is 14.0. The highest BCUT2D eigenvalue weighted by atomic mass is 35.5. The quantitative estimate of drug-likeness (QED) is 0.926. The van der Waals surface area contributed by atoms with Gasteiger partial charge in [-0.1, -0.05) is 17.7 Å². The van der Waals surface area contributed by atoms with Crippen molar-refractivity contribution in [2.45, 2.75) is 26.7 Å². The van der Waals surface area contributed by atoms with Crippen molar-refractivity contribution < 1.29 is 4.79 Å². The Balaban J connectivity index is 1.92. The molecule has 0 radical (unpaired) electrons. The van der Waals surface area contributed by atoms with Gasteiger partial charge in [-0.2, -0.15) is 0 Å². The number of aromatic nitrogens is 1. The van der Waals surface area contributed by atoms with Crippen LogP contribution < -0.4 is 5.32 Å². The Hall–Kier alpha value is -1.39. The Kier molecular flexibility index (Phi) is 4.56. The molecule has 0 atom stereocenters. The van der Waals surface area contributed by atoms with Gasteiger partial charge in [0, 0.05) is 34.6 Å². The normalized spacial score (nSPS) is 10.5. The zero-order valence-corrected chi connectivity index (χ0v) is 12.4. The van der Waals surface area contributed by atoms with Crippen LogP contribution in [0.3, 0.4) is 0 Å². The predicted octanol–water partition coefficient (Wildman–Crippen LogP) is 3.98. The zero-order chi connectivity index (χ0) is 13.8. The molecule has 5 heteroatoms. The number of amides is 1. The molecule has 0 saturated heterocycles. The van der Waals surface area contributed by atoms with E-state index in [1.807, 2.05) is 31.4 Å². The molecule has 1 aromatic heterocycles. The average molecular weight is 295 g/mol. The zero-order valence-electron chi connectivity index (χ0n) is 10.9. The van der Waals surface area contributed by atoms with Crippen LogP contribution in [0.25, 0.3) is 0 Å². The van der Waals surface area contributed by atoms with Gasteiger partial charge in [0.15, 0.2) is 0 Å². The third kappa shape index (κ3) is 4.04. The topological polar surface area (TPSA) is 42.0 Å². The summed E-state index contributed by atoms with van der Waals surface area (Å²) >= 11 is 7.51. The molecule has 0 aliphatic carbocycles. The fourth-order valence-corrected chi connectivity index (χ4v) is 2.63. The van der Waals surface area contributed by atoms with Gasteiger partial charge in [0.05, 0.1) is 5.01 Å². The minimum absolute atomic E-state index is 0.0155. The SMILES string of the molecule is Cc1csc(CCC(=O)Nc2cc(Cl)ccc2C)n1. The van der Waals surface area contributed by atoms with Gasteiger partial charge in [-0.05, 0) is 31.5 Å². The van der Waals surface area contributed by atoms with Crippen molar-refractivity contribution in [2.75, 3.05) is 5.32 Å². The van der Waals surface area contributed by atoms with E-state index < -0.39 is 0 Å². The number of nitrogens with zero attached hydrogens (tertiary/aromatic N) is 1. The van der Waals surface area contributed by atoms with E-state index in [4.69, 9.17) is 11.6 Å². The van der Waals surface area contributed by atoms with Gasteiger partial charge < -0.3 is 5.32 Å². The van der Waals surface area contributed by atoms with Gasteiger partial charge in [0.25, 0.3) is 0 Å². The van der Waals surface area contributed by atoms with Crippen molar-refractivity contribution in [3.05, 3.63) is 44.9 Å². The maximum absolute atomic E-state index is 11.9. The summed E-state index contributed by atoms with van der Waals surface area (Å²) in [6.07, 6.45) is 1.10. The van der Waals surface area contributed by atoms with Crippen LogP contribution in [0.5, 0.6) is 0 Å². The third-order valence-corrected chi connectivity index (χ3v) is 3.97. The van der Waals surface area contributed by atoms with E-state index in [2.05, 4.69) is 10.3 Å². The highest BCUT2D eigenvalue weighted by molar-refractivity contribution is 7.09. The van der Waals surface area contributed by atoms with Crippen LogP contribution in [-0.4, -0.2) is 10.9 Å². The fourth-order valence-electron chi connectivity index (χ4n) is 1.68. The van der Waals surface area contributed by atoms with Crippen LogP contribution in [0, 0.1) is 13.8 Å². The highest BCUT2D eigenvalue weighted by Gasteiger charge is 2.07. The molecule has 1 heterocycles. The van der Waals surface area contributed by atoms with Crippen molar-refractivity contribution in [2.24, 2.45) is 0 Å². The van der Waals surface area contributed by atoms with E-state index >= 15 is 0 Å². The van der Waals surface area contributed by atoms with E-state index in [1.54, 1.807) is 17.4 Å². The van der Waals surface area contributed by atoms with Crippen LogP contribution in [-0.2, 0) is 11.2 Å². The third-order valence-electron chi connectivity index (χ3n) is 2.71. The summed E-state index contributed by atoms with van der Waals surface area (Å²) in [4.78, 5) is 16.2. The molecule has 0 bridgehead atoms. The number of thiazole rings is 1. The average Bonchev–Trinajstić information content (AvgIpc) is 2.77. The van der Waals surface area contributed by atoms with Crippen LogP contribution in [0.2, 0.25) is 5.02 Å². The lowest BCUT2D eigenvalue weighted by Crippen LogP contribution is -2.13. The Labute approximate surface area is 121 Å². The van der Waals surface area contributed by atoms with Crippen molar-refractivity contribution in [3.63, 3.8) is 0 Å². The maximum Gasteiger partial charge on any atom is 0.224 e. The number of halogens is 1. The molecule has 1 N–H and O–H groups in total. The molecule has 1 aromatic carbocycles. The van der Waals surface area contributed by atoms with Crippen LogP contribution >= 0.6 is 22.9 Å². The number of benzene rings is 1. The molecule has 2 aromatic rings. The molecule has 19 heavy (non-hydrogen) atoms. The molecule has 0 aliphatic heterocycles. The Morgan fingerprint density at radius 2 is 2.21 bits per heavy atom. The molecule has 0 aliphatic rings. The van der Waals surface area contributed by atoms with Gasteiger partial charge in [-0.15, -0.1) is 11.3 Å². The van der Waals surface area contributed by atoms with Crippen molar-refractivity contribution in [1.82, 2.24) is 4.98 Å². The van der Waals surface area contributed by atoms with Crippen LogP contribution in [0.1, 0.15) is 22.7 Å². The molecule has 100 valence electrons. The van der Waals surface area contributed by atoms with E-state index in [0.29, 0.717) is 17.9 Å². The first-order chi connectivity index (χ1) is 9.04. The van der Waals surface area contributed by atoms with E-state index in [-0.39, 0.29) is 5.91 Å². The van der Waals surface area contributed by atoms with Crippen LogP contribution in [0.4, 0.5) is 5.69 Å². The molecule has 0 spiro atoms. The number of carbonyl (C=O) groups excluding carboxylic acids is 1.